The van der Waals surface area contributed by atoms with Crippen molar-refractivity contribution in [1.29, 1.82) is 0 Å². The minimum Gasteiger partial charge on any atom is -0.463 e. The molecule has 1 aromatic rings. The lowest BCUT2D eigenvalue weighted by molar-refractivity contribution is -0.144. The molecule has 0 saturated heterocycles. The Morgan fingerprint density at radius 1 is 1.10 bits per heavy atom. The van der Waals surface area contributed by atoms with Gasteiger partial charge in [0, 0.05) is 11.5 Å². The van der Waals surface area contributed by atoms with E-state index in [0.29, 0.717) is 5.30 Å². The fraction of sp³-hybridized carbons (Fsp3) is 0.462. The van der Waals surface area contributed by atoms with Crippen molar-refractivity contribution in [2.24, 2.45) is 0 Å². The maximum absolute atomic E-state index is 12.8. The summed E-state index contributed by atoms with van der Waals surface area (Å²) in [4.78, 5) is 11.4. The summed E-state index contributed by atoms with van der Waals surface area (Å²) in [5.41, 5.74) is 0. The van der Waals surface area contributed by atoms with Gasteiger partial charge in [-0.05, 0) is 12.1 Å². The second-order valence-corrected chi connectivity index (χ2v) is 6.55. The summed E-state index contributed by atoms with van der Waals surface area (Å²) in [6, 6.07) is 8.58. The number of esters is 1. The molecule has 0 aliphatic carbocycles. The number of carbonyl (C=O) groups is 1. The Balaban J connectivity index is 2.69. The van der Waals surface area contributed by atoms with Crippen molar-refractivity contribution in [2.75, 3.05) is 32.6 Å². The highest BCUT2D eigenvalue weighted by Gasteiger charge is 2.26. The smallest absolute Gasteiger partial charge is 0.306 e. The first-order chi connectivity index (χ1) is 9.62. The Bertz CT molecular complexity index is 447. The van der Waals surface area contributed by atoms with Crippen LogP contribution >= 0.6 is 7.37 Å². The number of aliphatic hydroxyl groups excluding tert-OH is 2. The Morgan fingerprint density at radius 3 is 2.35 bits per heavy atom. The van der Waals surface area contributed by atoms with Crippen LogP contribution < -0.4 is 5.30 Å². The minimum atomic E-state index is -3.20. The van der Waals surface area contributed by atoms with Gasteiger partial charge in [0.05, 0.1) is 26.2 Å². The fourth-order valence-electron chi connectivity index (χ4n) is 1.58. The second-order valence-electron chi connectivity index (χ2n) is 3.98. The van der Waals surface area contributed by atoms with Crippen LogP contribution in [-0.2, 0) is 18.6 Å². The molecule has 0 spiro atoms. The molecule has 1 atom stereocenters. The first kappa shape index (κ1) is 16.9. The van der Waals surface area contributed by atoms with E-state index in [1.54, 1.807) is 30.3 Å². The van der Waals surface area contributed by atoms with E-state index in [-0.39, 0.29) is 39.0 Å². The van der Waals surface area contributed by atoms with Gasteiger partial charge in [-0.2, -0.15) is 0 Å². The number of ether oxygens (including phenoxy) is 1. The van der Waals surface area contributed by atoms with E-state index < -0.39 is 13.3 Å². The van der Waals surface area contributed by atoms with Crippen LogP contribution in [0, 0.1) is 0 Å². The topological polar surface area (TPSA) is 93.1 Å². The van der Waals surface area contributed by atoms with Crippen molar-refractivity contribution in [3.05, 3.63) is 30.3 Å². The molecular weight excluding hydrogens is 283 g/mol. The third-order valence-corrected chi connectivity index (χ3v) is 5.00. The first-order valence-corrected chi connectivity index (χ1v) is 8.10. The van der Waals surface area contributed by atoms with Crippen molar-refractivity contribution < 1.29 is 28.8 Å². The molecular formula is C13H19O6P. The summed E-state index contributed by atoms with van der Waals surface area (Å²) in [7, 11) is -3.20. The van der Waals surface area contributed by atoms with Crippen LogP contribution in [0.1, 0.15) is 6.42 Å². The van der Waals surface area contributed by atoms with Crippen LogP contribution in [0.25, 0.3) is 0 Å². The number of aliphatic hydroxyl groups is 2. The molecule has 1 rings (SSSR count). The van der Waals surface area contributed by atoms with E-state index >= 15 is 0 Å². The van der Waals surface area contributed by atoms with Crippen LogP contribution in [0.15, 0.2) is 30.3 Å². The standard InChI is InChI=1S/C13H19O6P/c14-7-9-18-13(16)6-11-20(17,19-10-8-15)12-4-2-1-3-5-12/h1-5,14-15H,6-11H2. The average Bonchev–Trinajstić information content (AvgIpc) is 2.49. The monoisotopic (exact) mass is 302 g/mol. The molecule has 0 aliphatic rings. The predicted octanol–water partition coefficient (Wildman–Crippen LogP) is 0.524. The van der Waals surface area contributed by atoms with E-state index in [2.05, 4.69) is 0 Å². The third-order valence-electron chi connectivity index (χ3n) is 2.51. The molecule has 0 radical (unpaired) electrons. The number of hydrogen-bond acceptors (Lipinski definition) is 6. The molecule has 0 aliphatic heterocycles. The molecule has 0 amide bonds. The van der Waals surface area contributed by atoms with Gasteiger partial charge in [0.25, 0.3) is 0 Å². The van der Waals surface area contributed by atoms with Gasteiger partial charge >= 0.3 is 5.97 Å². The van der Waals surface area contributed by atoms with Crippen LogP contribution in [0.3, 0.4) is 0 Å². The van der Waals surface area contributed by atoms with Crippen molar-refractivity contribution in [3.63, 3.8) is 0 Å². The van der Waals surface area contributed by atoms with E-state index in [0.717, 1.165) is 0 Å². The van der Waals surface area contributed by atoms with Gasteiger partial charge < -0.3 is 19.5 Å². The summed E-state index contributed by atoms with van der Waals surface area (Å²) in [6.45, 7) is -0.626. The SMILES string of the molecule is O=C(CCP(=O)(OCCO)c1ccccc1)OCCO. The summed E-state index contributed by atoms with van der Waals surface area (Å²) in [5.74, 6) is -0.539. The van der Waals surface area contributed by atoms with Crippen molar-refractivity contribution in [2.45, 2.75) is 6.42 Å². The Hall–Kier alpha value is -1.20. The zero-order valence-electron chi connectivity index (χ0n) is 11.1. The second kappa shape index (κ2) is 8.87. The highest BCUT2D eigenvalue weighted by molar-refractivity contribution is 7.67. The van der Waals surface area contributed by atoms with Gasteiger partial charge in [0.15, 0.2) is 0 Å². The van der Waals surface area contributed by atoms with E-state index in [1.807, 2.05) is 0 Å². The Labute approximate surface area is 117 Å². The molecule has 0 saturated carbocycles. The van der Waals surface area contributed by atoms with Crippen LogP contribution in [0.4, 0.5) is 0 Å². The number of hydrogen-bond donors (Lipinski definition) is 2. The van der Waals surface area contributed by atoms with Crippen molar-refractivity contribution >= 4 is 18.6 Å². The highest BCUT2D eigenvalue weighted by atomic mass is 31.2. The van der Waals surface area contributed by atoms with Crippen LogP contribution in [-0.4, -0.2) is 48.8 Å². The lowest BCUT2D eigenvalue weighted by Gasteiger charge is -2.18. The van der Waals surface area contributed by atoms with Crippen molar-refractivity contribution in [3.8, 4) is 0 Å². The molecule has 0 bridgehead atoms. The lowest BCUT2D eigenvalue weighted by atomic mass is 10.4. The third kappa shape index (κ3) is 5.43. The largest absolute Gasteiger partial charge is 0.463 e. The summed E-state index contributed by atoms with van der Waals surface area (Å²) in [6.07, 6.45) is -0.0706. The average molecular weight is 302 g/mol. The molecule has 6 nitrogen and oxygen atoms in total. The summed E-state index contributed by atoms with van der Waals surface area (Å²) in [5, 5.41) is 17.9. The number of carbonyl (C=O) groups excluding carboxylic acids is 1. The maximum Gasteiger partial charge on any atom is 0.306 e. The minimum absolute atomic E-state index is 0.00127. The van der Waals surface area contributed by atoms with Crippen LogP contribution in [0.2, 0.25) is 0 Å². The first-order valence-electron chi connectivity index (χ1n) is 6.29. The molecule has 7 heteroatoms. The number of rotatable bonds is 9. The summed E-state index contributed by atoms with van der Waals surface area (Å²) >= 11 is 0. The predicted molar refractivity (Wildman–Crippen MR) is 74.2 cm³/mol. The zero-order valence-corrected chi connectivity index (χ0v) is 12.0. The van der Waals surface area contributed by atoms with E-state index in [1.165, 1.54) is 0 Å². The summed E-state index contributed by atoms with van der Waals surface area (Å²) < 4.78 is 22.7. The van der Waals surface area contributed by atoms with Gasteiger partial charge in [-0.25, -0.2) is 0 Å². The molecule has 20 heavy (non-hydrogen) atoms. The van der Waals surface area contributed by atoms with Gasteiger partial charge in [0.2, 0.25) is 7.37 Å². The van der Waals surface area contributed by atoms with E-state index in [4.69, 9.17) is 19.5 Å². The fourth-order valence-corrected chi connectivity index (χ4v) is 3.60. The van der Waals surface area contributed by atoms with Crippen LogP contribution in [0.5, 0.6) is 0 Å². The molecule has 1 unspecified atom stereocenters. The van der Waals surface area contributed by atoms with Crippen molar-refractivity contribution in [1.82, 2.24) is 0 Å². The molecule has 0 aromatic heterocycles. The molecule has 0 heterocycles. The molecule has 112 valence electrons. The molecule has 2 N–H and O–H groups in total. The molecule has 1 aromatic carbocycles. The zero-order chi connectivity index (χ0) is 14.8. The van der Waals surface area contributed by atoms with Gasteiger partial charge in [-0.15, -0.1) is 0 Å². The highest BCUT2D eigenvalue weighted by Crippen LogP contribution is 2.46. The van der Waals surface area contributed by atoms with Gasteiger partial charge in [-0.3, -0.25) is 9.36 Å². The number of benzene rings is 1. The Morgan fingerprint density at radius 2 is 1.75 bits per heavy atom. The maximum atomic E-state index is 12.8. The normalized spacial score (nSPS) is 13.7. The Kier molecular flexibility index (Phi) is 7.47. The quantitative estimate of drug-likeness (QED) is 0.510. The van der Waals surface area contributed by atoms with E-state index in [9.17, 15) is 9.36 Å². The van der Waals surface area contributed by atoms with Gasteiger partial charge in [-0.1, -0.05) is 18.2 Å². The van der Waals surface area contributed by atoms with Gasteiger partial charge in [0.1, 0.15) is 6.61 Å². The molecule has 0 fully saturated rings. The lowest BCUT2D eigenvalue weighted by Crippen LogP contribution is -2.16.